The van der Waals surface area contributed by atoms with Gasteiger partial charge in [-0.25, -0.2) is 4.98 Å². The molecule has 2 aromatic rings. The molecular formula is C14H18N2OS. The summed E-state index contributed by atoms with van der Waals surface area (Å²) in [5.74, 6) is 0.911. The molecule has 0 aliphatic carbocycles. The van der Waals surface area contributed by atoms with Gasteiger partial charge in [-0.05, 0) is 50.7 Å². The molecule has 1 N–H and O–H groups in total. The predicted octanol–water partition coefficient (Wildman–Crippen LogP) is 3.32. The van der Waals surface area contributed by atoms with Crippen LogP contribution in [0.3, 0.4) is 0 Å². The zero-order valence-corrected chi connectivity index (χ0v) is 11.8. The Morgan fingerprint density at radius 1 is 1.28 bits per heavy atom. The van der Waals surface area contributed by atoms with E-state index in [2.05, 4.69) is 22.4 Å². The quantitative estimate of drug-likeness (QED) is 0.897. The number of thiazole rings is 1. The highest BCUT2D eigenvalue weighted by molar-refractivity contribution is 7.15. The minimum Gasteiger partial charge on any atom is -0.491 e. The van der Waals surface area contributed by atoms with Crippen molar-refractivity contribution in [2.45, 2.75) is 26.5 Å². The Hall–Kier alpha value is -1.39. The van der Waals surface area contributed by atoms with Crippen molar-refractivity contribution in [1.29, 1.82) is 0 Å². The lowest BCUT2D eigenvalue weighted by atomic mass is 10.2. The van der Waals surface area contributed by atoms with Gasteiger partial charge in [-0.15, -0.1) is 11.3 Å². The molecule has 0 unspecified atom stereocenters. The van der Waals surface area contributed by atoms with Crippen LogP contribution in [-0.2, 0) is 6.54 Å². The molecule has 1 heterocycles. The molecular weight excluding hydrogens is 244 g/mol. The summed E-state index contributed by atoms with van der Waals surface area (Å²) in [6, 6.07) is 8.17. The second-order valence-electron chi connectivity index (χ2n) is 4.34. The van der Waals surface area contributed by atoms with E-state index < -0.39 is 0 Å². The Morgan fingerprint density at radius 3 is 2.61 bits per heavy atom. The van der Waals surface area contributed by atoms with E-state index in [1.165, 1.54) is 10.4 Å². The summed E-state index contributed by atoms with van der Waals surface area (Å²) < 4.78 is 5.63. The van der Waals surface area contributed by atoms with Crippen LogP contribution in [0.1, 0.15) is 18.9 Å². The molecule has 18 heavy (non-hydrogen) atoms. The zero-order valence-electron chi connectivity index (χ0n) is 10.9. The number of aromatic nitrogens is 1. The Morgan fingerprint density at radius 2 is 2.00 bits per heavy atom. The Labute approximate surface area is 112 Å². The predicted molar refractivity (Wildman–Crippen MR) is 76.1 cm³/mol. The number of rotatable bonds is 5. The van der Waals surface area contributed by atoms with Gasteiger partial charge >= 0.3 is 0 Å². The topological polar surface area (TPSA) is 34.2 Å². The van der Waals surface area contributed by atoms with Gasteiger partial charge in [0.05, 0.1) is 11.0 Å². The summed E-state index contributed by atoms with van der Waals surface area (Å²) >= 11 is 1.72. The molecule has 0 aliphatic rings. The van der Waals surface area contributed by atoms with Crippen molar-refractivity contribution in [3.63, 3.8) is 0 Å². The largest absolute Gasteiger partial charge is 0.491 e. The number of hydrogen-bond acceptors (Lipinski definition) is 4. The van der Waals surface area contributed by atoms with Crippen molar-refractivity contribution in [2.24, 2.45) is 0 Å². The van der Waals surface area contributed by atoms with Gasteiger partial charge in [0.1, 0.15) is 10.8 Å². The van der Waals surface area contributed by atoms with E-state index in [1.54, 1.807) is 11.3 Å². The molecule has 0 bridgehead atoms. The Kier molecular flexibility index (Phi) is 4.33. The second-order valence-corrected chi connectivity index (χ2v) is 5.45. The SMILES string of the molecule is CNCc1ncc(-c2ccc(OC(C)C)cc2)s1. The van der Waals surface area contributed by atoms with Crippen LogP contribution in [0.4, 0.5) is 0 Å². The van der Waals surface area contributed by atoms with Crippen molar-refractivity contribution in [2.75, 3.05) is 7.05 Å². The van der Waals surface area contributed by atoms with Gasteiger partial charge in [-0.2, -0.15) is 0 Å². The van der Waals surface area contributed by atoms with E-state index in [1.807, 2.05) is 39.2 Å². The molecule has 1 aromatic heterocycles. The fourth-order valence-corrected chi connectivity index (χ4v) is 2.58. The Balaban J connectivity index is 2.12. The summed E-state index contributed by atoms with van der Waals surface area (Å²) in [6.07, 6.45) is 2.14. The molecule has 0 spiro atoms. The van der Waals surface area contributed by atoms with E-state index in [-0.39, 0.29) is 6.10 Å². The molecule has 96 valence electrons. The van der Waals surface area contributed by atoms with Crippen molar-refractivity contribution < 1.29 is 4.74 Å². The molecule has 3 nitrogen and oxygen atoms in total. The van der Waals surface area contributed by atoms with Crippen molar-refractivity contribution in [1.82, 2.24) is 10.3 Å². The van der Waals surface area contributed by atoms with Gasteiger partial charge in [0.15, 0.2) is 0 Å². The van der Waals surface area contributed by atoms with Gasteiger partial charge in [-0.1, -0.05) is 0 Å². The zero-order chi connectivity index (χ0) is 13.0. The summed E-state index contributed by atoms with van der Waals surface area (Å²) in [5, 5.41) is 4.21. The lowest BCUT2D eigenvalue weighted by Crippen LogP contribution is -2.05. The number of nitrogens with zero attached hydrogens (tertiary/aromatic N) is 1. The van der Waals surface area contributed by atoms with E-state index in [0.717, 1.165) is 17.3 Å². The first-order valence-electron chi connectivity index (χ1n) is 6.05. The molecule has 0 atom stereocenters. The van der Waals surface area contributed by atoms with Crippen LogP contribution in [0, 0.1) is 0 Å². The fourth-order valence-electron chi connectivity index (χ4n) is 1.65. The van der Waals surface area contributed by atoms with E-state index >= 15 is 0 Å². The molecule has 1 aromatic carbocycles. The van der Waals surface area contributed by atoms with Crippen LogP contribution in [0.25, 0.3) is 10.4 Å². The van der Waals surface area contributed by atoms with Gasteiger partial charge < -0.3 is 10.1 Å². The molecule has 4 heteroatoms. The third-order valence-corrected chi connectivity index (χ3v) is 3.44. The van der Waals surface area contributed by atoms with Crippen LogP contribution >= 0.6 is 11.3 Å². The van der Waals surface area contributed by atoms with Crippen LogP contribution in [0.2, 0.25) is 0 Å². The first-order valence-corrected chi connectivity index (χ1v) is 6.87. The number of ether oxygens (including phenoxy) is 1. The lowest BCUT2D eigenvalue weighted by molar-refractivity contribution is 0.242. The minimum absolute atomic E-state index is 0.210. The van der Waals surface area contributed by atoms with Crippen LogP contribution < -0.4 is 10.1 Å². The molecule has 0 saturated carbocycles. The van der Waals surface area contributed by atoms with Crippen molar-refractivity contribution in [3.8, 4) is 16.2 Å². The fraction of sp³-hybridized carbons (Fsp3) is 0.357. The summed E-state index contributed by atoms with van der Waals surface area (Å²) in [5.41, 5.74) is 1.19. The first-order chi connectivity index (χ1) is 8.69. The minimum atomic E-state index is 0.210. The van der Waals surface area contributed by atoms with Gasteiger partial charge in [0.25, 0.3) is 0 Å². The maximum atomic E-state index is 5.63. The van der Waals surface area contributed by atoms with Gasteiger partial charge in [0, 0.05) is 12.7 Å². The molecule has 0 fully saturated rings. The van der Waals surface area contributed by atoms with E-state index in [4.69, 9.17) is 4.74 Å². The summed E-state index contributed by atoms with van der Waals surface area (Å²) in [6.45, 7) is 4.88. The smallest absolute Gasteiger partial charge is 0.119 e. The average Bonchev–Trinajstić information content (AvgIpc) is 2.78. The van der Waals surface area contributed by atoms with Gasteiger partial charge in [-0.3, -0.25) is 0 Å². The average molecular weight is 262 g/mol. The lowest BCUT2D eigenvalue weighted by Gasteiger charge is -2.09. The third-order valence-electron chi connectivity index (χ3n) is 2.39. The van der Waals surface area contributed by atoms with Gasteiger partial charge in [0.2, 0.25) is 0 Å². The second kappa shape index (κ2) is 5.98. The molecule has 0 aliphatic heterocycles. The maximum absolute atomic E-state index is 5.63. The number of benzene rings is 1. The highest BCUT2D eigenvalue weighted by atomic mass is 32.1. The first kappa shape index (κ1) is 13.1. The normalized spacial score (nSPS) is 10.9. The van der Waals surface area contributed by atoms with Crippen LogP contribution in [0.15, 0.2) is 30.5 Å². The monoisotopic (exact) mass is 262 g/mol. The highest BCUT2D eigenvalue weighted by Crippen LogP contribution is 2.27. The molecule has 2 rings (SSSR count). The number of nitrogens with one attached hydrogen (secondary N) is 1. The highest BCUT2D eigenvalue weighted by Gasteiger charge is 2.04. The van der Waals surface area contributed by atoms with Crippen LogP contribution in [-0.4, -0.2) is 18.1 Å². The third kappa shape index (κ3) is 3.31. The summed E-state index contributed by atoms with van der Waals surface area (Å²) in [7, 11) is 1.93. The standard InChI is InChI=1S/C14H18N2OS/c1-10(2)17-12-6-4-11(5-7-12)13-8-16-14(18-13)9-15-3/h4-8,10,15H,9H2,1-3H3. The molecule has 0 amide bonds. The summed E-state index contributed by atoms with van der Waals surface area (Å²) in [4.78, 5) is 5.57. The van der Waals surface area contributed by atoms with Crippen LogP contribution in [0.5, 0.6) is 5.75 Å². The molecule has 0 radical (unpaired) electrons. The maximum Gasteiger partial charge on any atom is 0.119 e. The Bertz CT molecular complexity index is 491. The number of hydrogen-bond donors (Lipinski definition) is 1. The van der Waals surface area contributed by atoms with Crippen molar-refractivity contribution >= 4 is 11.3 Å². The van der Waals surface area contributed by atoms with E-state index in [0.29, 0.717) is 0 Å². The van der Waals surface area contributed by atoms with E-state index in [9.17, 15) is 0 Å². The van der Waals surface area contributed by atoms with Crippen molar-refractivity contribution in [3.05, 3.63) is 35.5 Å². The molecule has 0 saturated heterocycles.